The molecule has 2 aliphatic rings. The summed E-state index contributed by atoms with van der Waals surface area (Å²) >= 11 is 0. The number of carboxylic acid groups (broad SMARTS) is 1. The number of anilines is 1. The van der Waals surface area contributed by atoms with Crippen LogP contribution in [0.15, 0.2) is 72.5 Å². The number of benzene rings is 2. The van der Waals surface area contributed by atoms with Gasteiger partial charge in [0.2, 0.25) is 5.69 Å². The Labute approximate surface area is 291 Å². The van der Waals surface area contributed by atoms with Gasteiger partial charge in [0, 0.05) is 53.9 Å². The molecule has 0 amide bonds. The Morgan fingerprint density at radius 2 is 1.51 bits per heavy atom. The van der Waals surface area contributed by atoms with Crippen LogP contribution >= 0.6 is 0 Å². The average molecular weight is 714 g/mol. The lowest BCUT2D eigenvalue weighted by Crippen LogP contribution is -2.28. The lowest BCUT2D eigenvalue weighted by molar-refractivity contribution is -0.438. The average Bonchev–Trinajstić information content (AvgIpc) is 3.33. The van der Waals surface area contributed by atoms with Crippen LogP contribution in [-0.4, -0.2) is 71.9 Å². The number of rotatable bonds is 16. The highest BCUT2D eigenvalue weighted by Gasteiger charge is 2.44. The minimum absolute atomic E-state index is 0.0405. The van der Waals surface area contributed by atoms with Gasteiger partial charge in [0.25, 0.3) is 20.2 Å². The fraction of sp³-hybridized carbons (Fsp3) is 0.459. The monoisotopic (exact) mass is 713 g/mol. The molecule has 3 N–H and O–H groups in total. The highest BCUT2D eigenvalue weighted by atomic mass is 32.2. The molecule has 12 heteroatoms. The van der Waals surface area contributed by atoms with Crippen molar-refractivity contribution in [1.29, 1.82) is 0 Å². The van der Waals surface area contributed by atoms with E-state index in [0.29, 0.717) is 45.2 Å². The molecule has 2 heterocycles. The second-order valence-corrected chi connectivity index (χ2v) is 17.1. The molecule has 0 saturated heterocycles. The van der Waals surface area contributed by atoms with Gasteiger partial charge in [-0.1, -0.05) is 55.8 Å². The van der Waals surface area contributed by atoms with Crippen molar-refractivity contribution in [2.75, 3.05) is 29.5 Å². The zero-order valence-corrected chi connectivity index (χ0v) is 30.6. The van der Waals surface area contributed by atoms with Crippen molar-refractivity contribution in [1.82, 2.24) is 0 Å². The highest BCUT2D eigenvalue weighted by Crippen LogP contribution is 2.48. The summed E-state index contributed by atoms with van der Waals surface area (Å²) < 4.78 is 65.8. The van der Waals surface area contributed by atoms with Gasteiger partial charge in [0.15, 0.2) is 5.71 Å². The molecule has 0 unspecified atom stereocenters. The molecule has 0 bridgehead atoms. The number of carboxylic acids is 1. The number of fused-ring (bicyclic) bond motifs is 2. The molecule has 2 aromatic carbocycles. The van der Waals surface area contributed by atoms with Crippen LogP contribution in [0, 0.1) is 6.92 Å². The standard InChI is InChI=1S/C37H48N2O8S2/c1-27-15-18-31-29(25-27)36(2,3)33(38(31)21-9-11-23-48(42,43)44)13-7-6-8-14-34-37(4,5)30-26-28(17-20-35(40)41)16-19-32(30)39(34)22-10-12-24-49(45,46)47/h6-8,13-16,18-19,25-26H,9-12,17,20-24H2,1-5H3,(H2-,40,41,42,43,44,45,46,47)/p+1. The lowest BCUT2D eigenvalue weighted by Gasteiger charge is -2.27. The van der Waals surface area contributed by atoms with E-state index in [1.54, 1.807) is 0 Å². The molecule has 0 aromatic heterocycles. The van der Waals surface area contributed by atoms with E-state index in [-0.39, 0.29) is 23.3 Å². The Balaban J connectivity index is 1.62. The molecule has 2 aliphatic heterocycles. The Morgan fingerprint density at radius 1 is 0.837 bits per heavy atom. The van der Waals surface area contributed by atoms with E-state index in [9.17, 15) is 35.8 Å². The summed E-state index contributed by atoms with van der Waals surface area (Å²) in [6, 6.07) is 12.4. The molecule has 0 saturated carbocycles. The van der Waals surface area contributed by atoms with Crippen LogP contribution in [0.2, 0.25) is 0 Å². The molecule has 4 rings (SSSR count). The maximum Gasteiger partial charge on any atom is 0.303 e. The van der Waals surface area contributed by atoms with Gasteiger partial charge in [-0.25, -0.2) is 0 Å². The van der Waals surface area contributed by atoms with Crippen molar-refractivity contribution < 1.29 is 40.4 Å². The summed E-state index contributed by atoms with van der Waals surface area (Å²) in [6.07, 6.45) is 12.4. The topological polar surface area (TPSA) is 152 Å². The van der Waals surface area contributed by atoms with Crippen LogP contribution in [-0.2, 0) is 42.3 Å². The zero-order chi connectivity index (χ0) is 36.2. The van der Waals surface area contributed by atoms with E-state index < -0.39 is 31.6 Å². The van der Waals surface area contributed by atoms with E-state index >= 15 is 0 Å². The number of unbranched alkanes of at least 4 members (excludes halogenated alkanes) is 2. The fourth-order valence-corrected chi connectivity index (χ4v) is 8.00. The highest BCUT2D eigenvalue weighted by molar-refractivity contribution is 7.86. The van der Waals surface area contributed by atoms with Crippen LogP contribution in [0.1, 0.15) is 82.1 Å². The minimum Gasteiger partial charge on any atom is -0.481 e. The quantitative estimate of drug-likeness (QED) is 0.0764. The SMILES string of the molecule is Cc1ccc2c(c1)C(C)(C)\C(=C/C=C/C=C/C1=[N+](CCCCS(=O)(=O)O)c3ccc(CCC(=O)O)cc3C1(C)C)N2CCCCS(=O)(=O)O. The maximum absolute atomic E-state index is 11.3. The smallest absolute Gasteiger partial charge is 0.303 e. The predicted octanol–water partition coefficient (Wildman–Crippen LogP) is 6.52. The molecular weight excluding hydrogens is 665 g/mol. The Hall–Kier alpha value is -3.58. The summed E-state index contributed by atoms with van der Waals surface area (Å²) in [6.45, 7) is 11.8. The van der Waals surface area contributed by atoms with E-state index in [2.05, 4.69) is 80.5 Å². The minimum atomic E-state index is -4.05. The van der Waals surface area contributed by atoms with Crippen molar-refractivity contribution >= 4 is 43.3 Å². The molecule has 0 fully saturated rings. The number of allylic oxidation sites excluding steroid dienone is 6. The first-order chi connectivity index (χ1) is 22.8. The maximum atomic E-state index is 11.3. The van der Waals surface area contributed by atoms with Crippen molar-refractivity contribution in [3.63, 3.8) is 0 Å². The molecule has 0 spiro atoms. The number of aryl methyl sites for hydroxylation is 2. The molecule has 49 heavy (non-hydrogen) atoms. The summed E-state index contributed by atoms with van der Waals surface area (Å²) in [5.41, 5.74) is 7.85. The number of carbonyl (C=O) groups is 1. The molecular formula is C37H49N2O8S2+. The zero-order valence-electron chi connectivity index (χ0n) is 29.0. The molecule has 0 radical (unpaired) electrons. The van der Waals surface area contributed by atoms with Crippen LogP contribution < -0.4 is 4.90 Å². The summed E-state index contributed by atoms with van der Waals surface area (Å²) in [5.74, 6) is -1.42. The van der Waals surface area contributed by atoms with Crippen LogP contribution in [0.3, 0.4) is 0 Å². The Kier molecular flexibility index (Phi) is 11.8. The predicted molar refractivity (Wildman–Crippen MR) is 194 cm³/mol. The lowest BCUT2D eigenvalue weighted by atomic mass is 9.80. The van der Waals surface area contributed by atoms with Gasteiger partial charge in [-0.05, 0) is 75.8 Å². The van der Waals surface area contributed by atoms with Crippen molar-refractivity contribution in [3.05, 3.63) is 94.7 Å². The van der Waals surface area contributed by atoms with Gasteiger partial charge in [-0.3, -0.25) is 13.9 Å². The molecule has 10 nitrogen and oxygen atoms in total. The third kappa shape index (κ3) is 9.56. The van der Waals surface area contributed by atoms with E-state index in [0.717, 1.165) is 39.5 Å². The van der Waals surface area contributed by atoms with Crippen molar-refractivity contribution in [2.45, 2.75) is 84.0 Å². The normalized spacial score (nSPS) is 17.9. The third-order valence-corrected chi connectivity index (χ3v) is 11.0. The van der Waals surface area contributed by atoms with E-state index in [4.69, 9.17) is 0 Å². The first-order valence-electron chi connectivity index (χ1n) is 16.7. The number of nitrogens with zero attached hydrogens (tertiary/aromatic N) is 2. The molecule has 266 valence electrons. The number of hydrogen-bond donors (Lipinski definition) is 3. The van der Waals surface area contributed by atoms with Crippen LogP contribution in [0.4, 0.5) is 11.4 Å². The van der Waals surface area contributed by atoms with Gasteiger partial charge >= 0.3 is 5.97 Å². The summed E-state index contributed by atoms with van der Waals surface area (Å²) in [4.78, 5) is 13.4. The van der Waals surface area contributed by atoms with Crippen molar-refractivity contribution in [3.8, 4) is 0 Å². The number of hydrogen-bond acceptors (Lipinski definition) is 6. The van der Waals surface area contributed by atoms with Gasteiger partial charge < -0.3 is 10.0 Å². The van der Waals surface area contributed by atoms with Crippen LogP contribution in [0.25, 0.3) is 0 Å². The third-order valence-electron chi connectivity index (χ3n) is 9.43. The summed E-state index contributed by atoms with van der Waals surface area (Å²) in [5, 5.41) is 9.19. The van der Waals surface area contributed by atoms with Crippen molar-refractivity contribution in [2.24, 2.45) is 0 Å². The second-order valence-electron chi connectivity index (χ2n) is 14.0. The first kappa shape index (κ1) is 38.2. The van der Waals surface area contributed by atoms with E-state index in [1.807, 2.05) is 30.4 Å². The van der Waals surface area contributed by atoms with E-state index in [1.165, 1.54) is 5.56 Å². The largest absolute Gasteiger partial charge is 0.481 e. The Morgan fingerprint density at radius 3 is 2.16 bits per heavy atom. The Bertz CT molecular complexity index is 1920. The molecule has 2 aromatic rings. The second kappa shape index (κ2) is 15.1. The van der Waals surface area contributed by atoms with Gasteiger partial charge in [0.1, 0.15) is 6.54 Å². The van der Waals surface area contributed by atoms with Gasteiger partial charge in [0.05, 0.1) is 16.9 Å². The number of aliphatic carboxylic acids is 1. The fourth-order valence-electron chi connectivity index (χ4n) is 6.87. The molecule has 0 atom stereocenters. The van der Waals surface area contributed by atoms with Gasteiger partial charge in [-0.15, -0.1) is 0 Å². The van der Waals surface area contributed by atoms with Crippen LogP contribution in [0.5, 0.6) is 0 Å². The first-order valence-corrected chi connectivity index (χ1v) is 19.9. The molecule has 0 aliphatic carbocycles. The van der Waals surface area contributed by atoms with Gasteiger partial charge in [-0.2, -0.15) is 21.4 Å². The summed E-state index contributed by atoms with van der Waals surface area (Å²) in [7, 11) is -8.06.